The second-order valence-corrected chi connectivity index (χ2v) is 2.82. The van der Waals surface area contributed by atoms with Gasteiger partial charge < -0.3 is 5.11 Å². The van der Waals surface area contributed by atoms with Crippen LogP contribution in [0.4, 0.5) is 0 Å². The number of hydrogen-bond donors (Lipinski definition) is 1. The average Bonchev–Trinajstić information content (AvgIpc) is 2.26. The minimum absolute atomic E-state index is 0.347. The third kappa shape index (κ3) is 10.7. The van der Waals surface area contributed by atoms with Crippen LogP contribution in [0.2, 0.25) is 0 Å². The van der Waals surface area contributed by atoms with E-state index in [0.717, 1.165) is 12.8 Å². The first-order valence-electron chi connectivity index (χ1n) is 5.59. The van der Waals surface area contributed by atoms with E-state index in [9.17, 15) is 0 Å². The van der Waals surface area contributed by atoms with E-state index in [1.165, 1.54) is 5.56 Å². The van der Waals surface area contributed by atoms with Crippen LogP contribution in [0.15, 0.2) is 36.9 Å². The summed E-state index contributed by atoms with van der Waals surface area (Å²) in [6.45, 7) is 11.4. The minimum atomic E-state index is 0.347. The molecule has 0 saturated heterocycles. The van der Waals surface area contributed by atoms with Gasteiger partial charge in [0.2, 0.25) is 0 Å². The SMILES string of the molecule is C=CC.CC.CCCc1ccc(O)cc1. The van der Waals surface area contributed by atoms with Crippen LogP contribution in [-0.4, -0.2) is 5.11 Å². The molecule has 0 radical (unpaired) electrons. The first-order valence-corrected chi connectivity index (χ1v) is 5.59. The summed E-state index contributed by atoms with van der Waals surface area (Å²) in [6.07, 6.45) is 4.01. The molecule has 1 aromatic rings. The van der Waals surface area contributed by atoms with Gasteiger partial charge in [-0.05, 0) is 31.0 Å². The van der Waals surface area contributed by atoms with Gasteiger partial charge in [0.15, 0.2) is 0 Å². The Labute approximate surface area is 94.5 Å². The van der Waals surface area contributed by atoms with Crippen LogP contribution in [0, 0.1) is 0 Å². The van der Waals surface area contributed by atoms with Crippen LogP contribution in [0.1, 0.15) is 39.7 Å². The van der Waals surface area contributed by atoms with Gasteiger partial charge in [-0.3, -0.25) is 0 Å². The summed E-state index contributed by atoms with van der Waals surface area (Å²) in [6, 6.07) is 7.37. The van der Waals surface area contributed by atoms with E-state index in [0.29, 0.717) is 5.75 Å². The van der Waals surface area contributed by atoms with Crippen LogP contribution in [0.25, 0.3) is 0 Å². The summed E-state index contributed by atoms with van der Waals surface area (Å²) in [5.41, 5.74) is 1.29. The number of allylic oxidation sites excluding steroid dienone is 1. The molecular formula is C14H24O. The number of phenolic OH excluding ortho intramolecular Hbond substituents is 1. The molecule has 0 amide bonds. The number of hydrogen-bond acceptors (Lipinski definition) is 1. The largest absolute Gasteiger partial charge is 0.508 e. The highest BCUT2D eigenvalue weighted by atomic mass is 16.3. The molecule has 0 saturated carbocycles. The van der Waals surface area contributed by atoms with Crippen molar-refractivity contribution in [3.05, 3.63) is 42.5 Å². The van der Waals surface area contributed by atoms with E-state index in [-0.39, 0.29) is 0 Å². The number of phenols is 1. The average molecular weight is 208 g/mol. The first-order chi connectivity index (χ1) is 7.24. The maximum Gasteiger partial charge on any atom is 0.115 e. The molecule has 0 aliphatic carbocycles. The summed E-state index contributed by atoms with van der Waals surface area (Å²) in [5.74, 6) is 0.347. The van der Waals surface area contributed by atoms with Crippen LogP contribution >= 0.6 is 0 Å². The van der Waals surface area contributed by atoms with E-state index in [1.54, 1.807) is 18.2 Å². The predicted molar refractivity (Wildman–Crippen MR) is 69.3 cm³/mol. The molecule has 0 unspecified atom stereocenters. The first kappa shape index (κ1) is 16.2. The fourth-order valence-corrected chi connectivity index (χ4v) is 0.951. The summed E-state index contributed by atoms with van der Waals surface area (Å²) in [4.78, 5) is 0. The van der Waals surface area contributed by atoms with Crippen molar-refractivity contribution in [3.63, 3.8) is 0 Å². The number of benzene rings is 1. The molecule has 15 heavy (non-hydrogen) atoms. The molecule has 1 rings (SSSR count). The lowest BCUT2D eigenvalue weighted by atomic mass is 10.1. The summed E-state index contributed by atoms with van der Waals surface area (Å²) in [7, 11) is 0. The molecule has 86 valence electrons. The fraction of sp³-hybridized carbons (Fsp3) is 0.429. The Hall–Kier alpha value is -1.24. The highest BCUT2D eigenvalue weighted by molar-refractivity contribution is 5.25. The number of aromatic hydroxyl groups is 1. The summed E-state index contributed by atoms with van der Waals surface area (Å²) in [5, 5.41) is 8.92. The van der Waals surface area contributed by atoms with Crippen molar-refractivity contribution < 1.29 is 5.11 Å². The molecule has 0 spiro atoms. The van der Waals surface area contributed by atoms with Gasteiger partial charge in [0, 0.05) is 0 Å². The van der Waals surface area contributed by atoms with Gasteiger partial charge in [-0.15, -0.1) is 6.58 Å². The molecule has 0 atom stereocenters. The predicted octanol–water partition coefficient (Wildman–Crippen LogP) is 4.56. The monoisotopic (exact) mass is 208 g/mol. The maximum atomic E-state index is 8.92. The van der Waals surface area contributed by atoms with Gasteiger partial charge in [0.1, 0.15) is 5.75 Å². The fourth-order valence-electron chi connectivity index (χ4n) is 0.951. The number of rotatable bonds is 2. The Bertz CT molecular complexity index is 224. The summed E-state index contributed by atoms with van der Waals surface area (Å²) >= 11 is 0. The van der Waals surface area contributed by atoms with Crippen molar-refractivity contribution in [1.82, 2.24) is 0 Å². The second kappa shape index (κ2) is 12.8. The molecule has 0 aliphatic rings. The molecule has 0 fully saturated rings. The van der Waals surface area contributed by atoms with Crippen molar-refractivity contribution in [2.24, 2.45) is 0 Å². The Morgan fingerprint density at radius 2 is 1.60 bits per heavy atom. The van der Waals surface area contributed by atoms with Gasteiger partial charge in [-0.2, -0.15) is 0 Å². The topological polar surface area (TPSA) is 20.2 Å². The maximum absolute atomic E-state index is 8.92. The van der Waals surface area contributed by atoms with Crippen molar-refractivity contribution in [3.8, 4) is 5.75 Å². The molecule has 0 heterocycles. The van der Waals surface area contributed by atoms with Crippen molar-refractivity contribution in [2.75, 3.05) is 0 Å². The minimum Gasteiger partial charge on any atom is -0.508 e. The zero-order valence-corrected chi connectivity index (χ0v) is 10.5. The quantitative estimate of drug-likeness (QED) is 0.706. The summed E-state index contributed by atoms with van der Waals surface area (Å²) < 4.78 is 0. The lowest BCUT2D eigenvalue weighted by molar-refractivity contribution is 0.475. The zero-order valence-electron chi connectivity index (χ0n) is 10.5. The van der Waals surface area contributed by atoms with Gasteiger partial charge in [-0.1, -0.05) is 45.4 Å². The van der Waals surface area contributed by atoms with E-state index < -0.39 is 0 Å². The van der Waals surface area contributed by atoms with Crippen LogP contribution in [0.3, 0.4) is 0 Å². The molecule has 0 aliphatic heterocycles. The molecule has 0 aromatic heterocycles. The van der Waals surface area contributed by atoms with Crippen LogP contribution in [-0.2, 0) is 6.42 Å². The van der Waals surface area contributed by atoms with Crippen LogP contribution < -0.4 is 0 Å². The van der Waals surface area contributed by atoms with Crippen molar-refractivity contribution in [1.29, 1.82) is 0 Å². The molecule has 0 bridgehead atoms. The van der Waals surface area contributed by atoms with Crippen molar-refractivity contribution in [2.45, 2.75) is 40.5 Å². The highest BCUT2D eigenvalue weighted by Crippen LogP contribution is 2.10. The van der Waals surface area contributed by atoms with Gasteiger partial charge in [0.05, 0.1) is 0 Å². The normalized spacial score (nSPS) is 7.73. The van der Waals surface area contributed by atoms with E-state index in [2.05, 4.69) is 13.5 Å². The lowest BCUT2D eigenvalue weighted by Crippen LogP contribution is -1.79. The Morgan fingerprint density at radius 3 is 1.93 bits per heavy atom. The van der Waals surface area contributed by atoms with E-state index in [1.807, 2.05) is 32.9 Å². The van der Waals surface area contributed by atoms with Crippen LogP contribution in [0.5, 0.6) is 5.75 Å². The number of aryl methyl sites for hydroxylation is 1. The Balaban J connectivity index is 0. The molecular weight excluding hydrogens is 184 g/mol. The smallest absolute Gasteiger partial charge is 0.115 e. The lowest BCUT2D eigenvalue weighted by Gasteiger charge is -1.96. The molecule has 1 heteroatoms. The van der Waals surface area contributed by atoms with Gasteiger partial charge in [0.25, 0.3) is 0 Å². The molecule has 1 aromatic carbocycles. The van der Waals surface area contributed by atoms with E-state index >= 15 is 0 Å². The Morgan fingerprint density at radius 1 is 1.20 bits per heavy atom. The standard InChI is InChI=1S/C9H12O.C3H6.C2H6/c1-2-3-8-4-6-9(10)7-5-8;1-3-2;1-2/h4-7,10H,2-3H2,1H3;3H,1H2,2H3;1-2H3. The van der Waals surface area contributed by atoms with Gasteiger partial charge in [-0.25, -0.2) is 0 Å². The van der Waals surface area contributed by atoms with E-state index in [4.69, 9.17) is 5.11 Å². The van der Waals surface area contributed by atoms with Crippen molar-refractivity contribution >= 4 is 0 Å². The zero-order chi connectivity index (χ0) is 12.1. The Kier molecular flexibility index (Phi) is 13.8. The second-order valence-electron chi connectivity index (χ2n) is 2.82. The molecule has 1 nitrogen and oxygen atoms in total. The third-order valence-electron chi connectivity index (χ3n) is 1.48. The van der Waals surface area contributed by atoms with Gasteiger partial charge >= 0.3 is 0 Å². The molecule has 1 N–H and O–H groups in total. The highest BCUT2D eigenvalue weighted by Gasteiger charge is 1.89. The third-order valence-corrected chi connectivity index (χ3v) is 1.48.